The Balaban J connectivity index is 1.26. The average molecular weight is 538 g/mol. The number of nitrogens with zero attached hydrogens (tertiary/aromatic N) is 2. The van der Waals surface area contributed by atoms with E-state index in [-0.39, 0.29) is 12.7 Å². The summed E-state index contributed by atoms with van der Waals surface area (Å²) in [5.41, 5.74) is 2.65. The Morgan fingerprint density at radius 2 is 1.68 bits per heavy atom. The molecule has 0 bridgehead atoms. The molecule has 1 N–H and O–H groups in total. The Hall–Kier alpha value is -5.12. The zero-order valence-corrected chi connectivity index (χ0v) is 21.3. The third-order valence-corrected chi connectivity index (χ3v) is 7.73. The molecule has 0 radical (unpaired) electrons. The number of fused-ring (bicyclic) bond motifs is 6. The van der Waals surface area contributed by atoms with E-state index in [2.05, 4.69) is 5.32 Å². The number of imide groups is 1. The van der Waals surface area contributed by atoms with Crippen molar-refractivity contribution in [3.05, 3.63) is 84.1 Å². The number of hydrogen-bond acceptors (Lipinski definition) is 8. The van der Waals surface area contributed by atoms with Crippen LogP contribution in [0.15, 0.2) is 72.9 Å². The second kappa shape index (κ2) is 8.98. The number of esters is 1. The summed E-state index contributed by atoms with van der Waals surface area (Å²) in [6, 6.07) is 17.5. The summed E-state index contributed by atoms with van der Waals surface area (Å²) >= 11 is 0. The van der Waals surface area contributed by atoms with E-state index < -0.39 is 41.7 Å². The monoisotopic (exact) mass is 537 g/mol. The van der Waals surface area contributed by atoms with Gasteiger partial charge in [-0.25, -0.2) is 4.90 Å². The van der Waals surface area contributed by atoms with E-state index in [4.69, 9.17) is 14.2 Å². The van der Waals surface area contributed by atoms with Crippen molar-refractivity contribution in [2.45, 2.75) is 19.0 Å². The van der Waals surface area contributed by atoms with Crippen LogP contribution in [0.2, 0.25) is 0 Å². The van der Waals surface area contributed by atoms with Crippen LogP contribution in [0.1, 0.15) is 24.1 Å². The number of amides is 3. The normalized spacial score (nSPS) is 23.5. The van der Waals surface area contributed by atoms with E-state index in [0.717, 1.165) is 16.0 Å². The molecule has 0 aliphatic carbocycles. The molecular formula is C30H23N3O7. The van der Waals surface area contributed by atoms with Gasteiger partial charge in [0, 0.05) is 24.9 Å². The lowest BCUT2D eigenvalue weighted by Gasteiger charge is -2.35. The summed E-state index contributed by atoms with van der Waals surface area (Å²) in [6.07, 6.45) is 3.70. The maximum Gasteiger partial charge on any atom is 0.308 e. The van der Waals surface area contributed by atoms with Gasteiger partial charge in [0.2, 0.25) is 24.5 Å². The second-order valence-electron chi connectivity index (χ2n) is 9.99. The highest BCUT2D eigenvalue weighted by Gasteiger charge is 2.64. The average Bonchev–Trinajstić information content (AvgIpc) is 3.62. The fourth-order valence-electron chi connectivity index (χ4n) is 6.13. The first-order valence-electron chi connectivity index (χ1n) is 12.8. The number of carbonyl (C=O) groups is 4. The second-order valence-corrected chi connectivity index (χ2v) is 9.99. The molecule has 0 saturated carbocycles. The van der Waals surface area contributed by atoms with Crippen molar-refractivity contribution < 1.29 is 33.4 Å². The number of anilines is 2. The Morgan fingerprint density at radius 3 is 2.48 bits per heavy atom. The van der Waals surface area contributed by atoms with Crippen LogP contribution in [-0.2, 0) is 19.2 Å². The summed E-state index contributed by atoms with van der Waals surface area (Å²) in [4.78, 5) is 56.1. The smallest absolute Gasteiger partial charge is 0.308 e. The predicted molar refractivity (Wildman–Crippen MR) is 142 cm³/mol. The van der Waals surface area contributed by atoms with E-state index in [1.807, 2.05) is 35.2 Å². The van der Waals surface area contributed by atoms with E-state index in [1.54, 1.807) is 36.5 Å². The Kier molecular flexibility index (Phi) is 5.38. The first kappa shape index (κ1) is 24.0. The number of ether oxygens (including phenoxy) is 3. The molecule has 0 spiro atoms. The van der Waals surface area contributed by atoms with Gasteiger partial charge in [-0.2, -0.15) is 0 Å². The highest BCUT2D eigenvalue weighted by Crippen LogP contribution is 2.53. The van der Waals surface area contributed by atoms with Crippen LogP contribution < -0.4 is 24.4 Å². The molecule has 3 aromatic rings. The molecule has 7 rings (SSSR count). The molecule has 10 nitrogen and oxygen atoms in total. The number of hydrogen-bond donors (Lipinski definition) is 1. The molecule has 0 unspecified atom stereocenters. The van der Waals surface area contributed by atoms with Crippen LogP contribution in [0.25, 0.3) is 6.08 Å². The molecule has 4 aliphatic rings. The van der Waals surface area contributed by atoms with E-state index in [0.29, 0.717) is 28.6 Å². The number of rotatable bonds is 4. The van der Waals surface area contributed by atoms with Gasteiger partial charge in [0.05, 0.1) is 23.6 Å². The minimum absolute atomic E-state index is 0.104. The Labute approximate surface area is 228 Å². The molecular weight excluding hydrogens is 514 g/mol. The van der Waals surface area contributed by atoms with Crippen LogP contribution >= 0.6 is 0 Å². The third-order valence-electron chi connectivity index (χ3n) is 7.73. The lowest BCUT2D eigenvalue weighted by molar-refractivity contribution is -0.132. The third kappa shape index (κ3) is 3.64. The zero-order chi connectivity index (χ0) is 27.5. The number of benzene rings is 3. The standard InChI is InChI=1S/C30H23N3O7/c1-16(34)40-20-9-7-19(8-10-20)33-29(36)24-25(30(33)37)27(32-13-12-17-4-2-3-5-21(17)26(24)32)28(35)31-18-6-11-22-23(14-18)39-15-38-22/h2-14,24-27H,15H2,1H3,(H,31,35)/t24-,25-,26-,27+/m1/s1. The highest BCUT2D eigenvalue weighted by molar-refractivity contribution is 6.24. The van der Waals surface area contributed by atoms with Gasteiger partial charge < -0.3 is 24.4 Å². The first-order valence-corrected chi connectivity index (χ1v) is 12.8. The summed E-state index contributed by atoms with van der Waals surface area (Å²) in [7, 11) is 0. The van der Waals surface area contributed by atoms with Crippen LogP contribution in [0.5, 0.6) is 17.2 Å². The summed E-state index contributed by atoms with van der Waals surface area (Å²) in [5.74, 6) is -2.02. The summed E-state index contributed by atoms with van der Waals surface area (Å²) < 4.78 is 15.9. The molecule has 2 fully saturated rings. The van der Waals surface area contributed by atoms with E-state index in [9.17, 15) is 19.2 Å². The van der Waals surface area contributed by atoms with E-state index in [1.165, 1.54) is 19.1 Å². The minimum atomic E-state index is -0.938. The van der Waals surface area contributed by atoms with Crippen molar-refractivity contribution in [1.82, 2.24) is 4.90 Å². The molecule has 2 saturated heterocycles. The molecule has 4 atom stereocenters. The van der Waals surface area contributed by atoms with Gasteiger partial charge in [0.1, 0.15) is 11.8 Å². The van der Waals surface area contributed by atoms with Gasteiger partial charge in [0.15, 0.2) is 11.5 Å². The van der Waals surface area contributed by atoms with Crippen molar-refractivity contribution in [1.29, 1.82) is 0 Å². The zero-order valence-electron chi connectivity index (χ0n) is 21.3. The van der Waals surface area contributed by atoms with Gasteiger partial charge in [-0.05, 0) is 53.6 Å². The van der Waals surface area contributed by atoms with Crippen LogP contribution in [0.4, 0.5) is 11.4 Å². The molecule has 10 heteroatoms. The maximum atomic E-state index is 14.0. The van der Waals surface area contributed by atoms with Crippen LogP contribution in [0.3, 0.4) is 0 Å². The SMILES string of the molecule is CC(=O)Oc1ccc(N2C(=O)[C@@H]3[C@@H](C2=O)[C@H]2c4ccccc4C=CN2[C@@H]3C(=O)Nc2ccc3c(c2)OCO3)cc1. The molecule has 3 amide bonds. The summed E-state index contributed by atoms with van der Waals surface area (Å²) in [5, 5.41) is 2.92. The molecule has 3 aromatic carbocycles. The van der Waals surface area contributed by atoms with Gasteiger partial charge in [-0.1, -0.05) is 24.3 Å². The van der Waals surface area contributed by atoms with Crippen LogP contribution in [-0.4, -0.2) is 41.4 Å². The number of nitrogens with one attached hydrogen (secondary N) is 1. The van der Waals surface area contributed by atoms with Gasteiger partial charge in [-0.3, -0.25) is 19.2 Å². The molecule has 200 valence electrons. The quantitative estimate of drug-likeness (QED) is 0.306. The maximum absolute atomic E-state index is 14.0. The van der Waals surface area contributed by atoms with Gasteiger partial charge in [-0.15, -0.1) is 0 Å². The van der Waals surface area contributed by atoms with Gasteiger partial charge in [0.25, 0.3) is 0 Å². The van der Waals surface area contributed by atoms with Crippen LogP contribution in [0, 0.1) is 11.8 Å². The Bertz CT molecular complexity index is 1620. The molecule has 4 aliphatic heterocycles. The first-order chi connectivity index (χ1) is 19.4. The fraction of sp³-hybridized carbons (Fsp3) is 0.200. The minimum Gasteiger partial charge on any atom is -0.454 e. The summed E-state index contributed by atoms with van der Waals surface area (Å²) in [6.45, 7) is 1.40. The highest BCUT2D eigenvalue weighted by atomic mass is 16.7. The Morgan fingerprint density at radius 1 is 0.925 bits per heavy atom. The van der Waals surface area contributed by atoms with E-state index >= 15 is 0 Å². The fourth-order valence-corrected chi connectivity index (χ4v) is 6.13. The van der Waals surface area contributed by atoms with Crippen molar-refractivity contribution in [2.75, 3.05) is 17.0 Å². The van der Waals surface area contributed by atoms with Crippen molar-refractivity contribution >= 4 is 41.1 Å². The lowest BCUT2D eigenvalue weighted by atomic mass is 9.84. The molecule has 0 aromatic heterocycles. The predicted octanol–water partition coefficient (Wildman–Crippen LogP) is 3.49. The largest absolute Gasteiger partial charge is 0.454 e. The topological polar surface area (TPSA) is 114 Å². The van der Waals surface area contributed by atoms with Crippen molar-refractivity contribution in [3.63, 3.8) is 0 Å². The molecule has 40 heavy (non-hydrogen) atoms. The van der Waals surface area contributed by atoms with Crippen molar-refractivity contribution in [3.8, 4) is 17.2 Å². The van der Waals surface area contributed by atoms with Crippen molar-refractivity contribution in [2.24, 2.45) is 11.8 Å². The molecule has 4 heterocycles. The number of carbonyl (C=O) groups excluding carboxylic acids is 4. The van der Waals surface area contributed by atoms with Gasteiger partial charge >= 0.3 is 5.97 Å². The lowest BCUT2D eigenvalue weighted by Crippen LogP contribution is -2.46.